The molecule has 2 rings (SSSR count). The van der Waals surface area contributed by atoms with Gasteiger partial charge in [-0.05, 0) is 45.4 Å². The molecule has 0 aliphatic rings. The Bertz CT molecular complexity index is 742. The van der Waals surface area contributed by atoms with Crippen molar-refractivity contribution in [3.05, 3.63) is 52.3 Å². The van der Waals surface area contributed by atoms with Gasteiger partial charge >= 0.3 is 6.03 Å². The van der Waals surface area contributed by atoms with Gasteiger partial charge in [0.2, 0.25) is 0 Å². The van der Waals surface area contributed by atoms with E-state index in [0.29, 0.717) is 12.1 Å². The molecule has 0 aliphatic carbocycles. The number of urea groups is 1. The highest BCUT2D eigenvalue weighted by molar-refractivity contribution is 5.74. The van der Waals surface area contributed by atoms with E-state index >= 15 is 0 Å². The van der Waals surface area contributed by atoms with Gasteiger partial charge in [0.25, 0.3) is 0 Å². The third-order valence-corrected chi connectivity index (χ3v) is 4.05. The van der Waals surface area contributed by atoms with E-state index in [1.165, 1.54) is 6.07 Å². The van der Waals surface area contributed by atoms with E-state index in [4.69, 9.17) is 0 Å². The Hall–Kier alpha value is -2.44. The smallest absolute Gasteiger partial charge is 0.315 e. The van der Waals surface area contributed by atoms with Crippen molar-refractivity contribution in [1.29, 1.82) is 0 Å². The van der Waals surface area contributed by atoms with E-state index in [1.807, 2.05) is 25.5 Å². The first-order valence-electron chi connectivity index (χ1n) is 7.85. The second kappa shape index (κ2) is 7.42. The van der Waals surface area contributed by atoms with Gasteiger partial charge in [-0.2, -0.15) is 5.10 Å². The molecule has 0 saturated heterocycles. The molecule has 0 bridgehead atoms. The first kappa shape index (κ1) is 17.9. The molecule has 0 fully saturated rings. The number of rotatable bonds is 5. The van der Waals surface area contributed by atoms with Crippen molar-refractivity contribution in [3.63, 3.8) is 0 Å². The third-order valence-electron chi connectivity index (χ3n) is 4.05. The Morgan fingerprint density at radius 3 is 2.58 bits per heavy atom. The van der Waals surface area contributed by atoms with E-state index in [9.17, 15) is 13.6 Å². The summed E-state index contributed by atoms with van der Waals surface area (Å²) in [6.45, 7) is 8.70. The molecule has 130 valence electrons. The Kier molecular flexibility index (Phi) is 5.54. The fourth-order valence-electron chi connectivity index (χ4n) is 2.58. The summed E-state index contributed by atoms with van der Waals surface area (Å²) in [5.74, 6) is -1.84. The molecule has 1 atom stereocenters. The number of hydrogen-bond acceptors (Lipinski definition) is 2. The van der Waals surface area contributed by atoms with Gasteiger partial charge in [0.15, 0.2) is 11.6 Å². The van der Waals surface area contributed by atoms with Gasteiger partial charge in [-0.1, -0.05) is 6.07 Å². The molecule has 1 heterocycles. The Morgan fingerprint density at radius 1 is 1.29 bits per heavy atom. The van der Waals surface area contributed by atoms with E-state index in [2.05, 4.69) is 15.7 Å². The van der Waals surface area contributed by atoms with Crippen LogP contribution >= 0.6 is 0 Å². The Balaban J connectivity index is 1.96. The number of nitrogens with one attached hydrogen (secondary N) is 2. The number of aryl methyl sites for hydroxylation is 2. The highest BCUT2D eigenvalue weighted by Gasteiger charge is 2.14. The van der Waals surface area contributed by atoms with E-state index in [1.54, 1.807) is 6.92 Å². The van der Waals surface area contributed by atoms with Crippen LogP contribution in [0, 0.1) is 25.5 Å². The summed E-state index contributed by atoms with van der Waals surface area (Å²) in [6, 6.07) is 2.76. The average Bonchev–Trinajstić information content (AvgIpc) is 2.81. The molecule has 0 radical (unpaired) electrons. The van der Waals surface area contributed by atoms with Crippen LogP contribution in [0.1, 0.15) is 42.4 Å². The largest absolute Gasteiger partial charge is 0.334 e. The maximum absolute atomic E-state index is 13.3. The monoisotopic (exact) mass is 336 g/mol. The predicted octanol–water partition coefficient (Wildman–Crippen LogP) is 3.36. The quantitative estimate of drug-likeness (QED) is 0.879. The number of hydrogen-bond donors (Lipinski definition) is 2. The average molecular weight is 336 g/mol. The number of nitrogens with zero attached hydrogens (tertiary/aromatic N) is 2. The lowest BCUT2D eigenvalue weighted by Crippen LogP contribution is -2.36. The minimum absolute atomic E-state index is 0.355. The van der Waals surface area contributed by atoms with Crippen molar-refractivity contribution in [1.82, 2.24) is 20.4 Å². The van der Waals surface area contributed by atoms with Crippen molar-refractivity contribution in [2.45, 2.75) is 46.8 Å². The van der Waals surface area contributed by atoms with Crippen molar-refractivity contribution in [3.8, 4) is 0 Å². The third kappa shape index (κ3) is 3.90. The maximum atomic E-state index is 13.3. The highest BCUT2D eigenvalue weighted by Crippen LogP contribution is 2.16. The summed E-state index contributed by atoms with van der Waals surface area (Å²) >= 11 is 0. The molecule has 1 aromatic heterocycles. The number of amides is 2. The van der Waals surface area contributed by atoms with Crippen molar-refractivity contribution < 1.29 is 13.6 Å². The van der Waals surface area contributed by atoms with Crippen LogP contribution in [-0.4, -0.2) is 15.8 Å². The molecule has 0 aliphatic heterocycles. The second-order valence-electron chi connectivity index (χ2n) is 5.69. The van der Waals surface area contributed by atoms with Gasteiger partial charge in [-0.3, -0.25) is 4.68 Å². The van der Waals surface area contributed by atoms with Gasteiger partial charge in [0.1, 0.15) is 0 Å². The topological polar surface area (TPSA) is 59.0 Å². The van der Waals surface area contributed by atoms with E-state index < -0.39 is 17.7 Å². The standard InChI is InChI=1S/C17H22F2N4O/c1-5-23-12(4)14(11(3)22-23)9-20-17(24)21-10(2)13-6-7-15(18)16(19)8-13/h6-8,10H,5,9H2,1-4H3,(H2,20,21,24). The van der Waals surface area contributed by atoms with Crippen LogP contribution in [-0.2, 0) is 13.1 Å². The van der Waals surface area contributed by atoms with Crippen LogP contribution in [0.3, 0.4) is 0 Å². The number of halogens is 2. The number of carbonyl (C=O) groups is 1. The molecule has 5 nitrogen and oxygen atoms in total. The molecule has 0 saturated carbocycles. The minimum atomic E-state index is -0.931. The summed E-state index contributed by atoms with van der Waals surface area (Å²) in [4.78, 5) is 12.0. The summed E-state index contributed by atoms with van der Waals surface area (Å²) in [5, 5.41) is 9.88. The van der Waals surface area contributed by atoms with E-state index in [0.717, 1.165) is 35.6 Å². The molecular weight excluding hydrogens is 314 g/mol. The minimum Gasteiger partial charge on any atom is -0.334 e. The van der Waals surface area contributed by atoms with Crippen LogP contribution in [0.4, 0.5) is 13.6 Å². The van der Waals surface area contributed by atoms with Crippen LogP contribution in [0.5, 0.6) is 0 Å². The van der Waals surface area contributed by atoms with Crippen molar-refractivity contribution >= 4 is 6.03 Å². The molecule has 1 aromatic carbocycles. The molecular formula is C17H22F2N4O. The lowest BCUT2D eigenvalue weighted by Gasteiger charge is -2.15. The van der Waals surface area contributed by atoms with E-state index in [-0.39, 0.29) is 6.03 Å². The van der Waals surface area contributed by atoms with Crippen LogP contribution in [0.2, 0.25) is 0 Å². The molecule has 24 heavy (non-hydrogen) atoms. The van der Waals surface area contributed by atoms with Crippen molar-refractivity contribution in [2.75, 3.05) is 0 Å². The molecule has 0 spiro atoms. The lowest BCUT2D eigenvalue weighted by atomic mass is 10.1. The Labute approximate surface area is 140 Å². The number of aromatic nitrogens is 2. The van der Waals surface area contributed by atoms with Crippen LogP contribution in [0.15, 0.2) is 18.2 Å². The van der Waals surface area contributed by atoms with Gasteiger partial charge in [-0.15, -0.1) is 0 Å². The summed E-state index contributed by atoms with van der Waals surface area (Å²) in [7, 11) is 0. The molecule has 2 amide bonds. The molecule has 2 N–H and O–H groups in total. The number of carbonyl (C=O) groups excluding carboxylic acids is 1. The summed E-state index contributed by atoms with van der Waals surface area (Å²) < 4.78 is 28.1. The maximum Gasteiger partial charge on any atom is 0.315 e. The van der Waals surface area contributed by atoms with Crippen molar-refractivity contribution in [2.24, 2.45) is 0 Å². The first-order chi connectivity index (χ1) is 11.3. The second-order valence-corrected chi connectivity index (χ2v) is 5.69. The zero-order valence-electron chi connectivity index (χ0n) is 14.3. The molecule has 1 unspecified atom stereocenters. The molecule has 7 heteroatoms. The number of benzene rings is 1. The summed E-state index contributed by atoms with van der Waals surface area (Å²) in [6.07, 6.45) is 0. The zero-order valence-corrected chi connectivity index (χ0v) is 14.3. The fraction of sp³-hybridized carbons (Fsp3) is 0.412. The fourth-order valence-corrected chi connectivity index (χ4v) is 2.58. The van der Waals surface area contributed by atoms with Gasteiger partial charge in [0, 0.05) is 24.3 Å². The van der Waals surface area contributed by atoms with Gasteiger partial charge < -0.3 is 10.6 Å². The van der Waals surface area contributed by atoms with Crippen LogP contribution < -0.4 is 10.6 Å². The predicted molar refractivity (Wildman–Crippen MR) is 87.5 cm³/mol. The van der Waals surface area contributed by atoms with Crippen LogP contribution in [0.25, 0.3) is 0 Å². The summed E-state index contributed by atoms with van der Waals surface area (Å²) in [5.41, 5.74) is 3.37. The van der Waals surface area contributed by atoms with Gasteiger partial charge in [0.05, 0.1) is 11.7 Å². The SMILES string of the molecule is CCn1nc(C)c(CNC(=O)NC(C)c2ccc(F)c(F)c2)c1C. The first-order valence-corrected chi connectivity index (χ1v) is 7.85. The zero-order chi connectivity index (χ0) is 17.9. The molecule has 2 aromatic rings. The Morgan fingerprint density at radius 2 is 2.00 bits per heavy atom. The lowest BCUT2D eigenvalue weighted by molar-refractivity contribution is 0.237. The highest BCUT2D eigenvalue weighted by atomic mass is 19.2. The normalized spacial score (nSPS) is 12.1. The van der Waals surface area contributed by atoms with Gasteiger partial charge in [-0.25, -0.2) is 13.6 Å².